The van der Waals surface area contributed by atoms with Crippen LogP contribution in [0.4, 0.5) is 0 Å². The van der Waals surface area contributed by atoms with Crippen molar-refractivity contribution in [3.63, 3.8) is 0 Å². The number of fused-ring (bicyclic) bond motifs is 2. The van der Waals surface area contributed by atoms with Crippen molar-refractivity contribution in [1.82, 2.24) is 4.90 Å². The highest BCUT2D eigenvalue weighted by Gasteiger charge is 2.42. The van der Waals surface area contributed by atoms with E-state index in [2.05, 4.69) is 22.9 Å². The zero-order chi connectivity index (χ0) is 22.9. The SMILES string of the molecule is CCCOc1ccc(C2c3c(oc4ccc(Br)cc4c3=O)C(=O)N2Cc2ccccc2)cc1. The van der Waals surface area contributed by atoms with E-state index in [1.807, 2.05) is 54.6 Å². The summed E-state index contributed by atoms with van der Waals surface area (Å²) in [6.45, 7) is 3.05. The van der Waals surface area contributed by atoms with Gasteiger partial charge in [0.1, 0.15) is 11.3 Å². The largest absolute Gasteiger partial charge is 0.494 e. The Hall–Kier alpha value is -3.38. The average Bonchev–Trinajstić information content (AvgIpc) is 3.11. The lowest BCUT2D eigenvalue weighted by Crippen LogP contribution is -2.29. The Morgan fingerprint density at radius 2 is 1.76 bits per heavy atom. The van der Waals surface area contributed by atoms with Gasteiger partial charge >= 0.3 is 0 Å². The minimum absolute atomic E-state index is 0.113. The number of hydrogen-bond acceptors (Lipinski definition) is 4. The molecule has 5 rings (SSSR count). The zero-order valence-electron chi connectivity index (χ0n) is 18.1. The van der Waals surface area contributed by atoms with E-state index in [0.717, 1.165) is 27.8 Å². The first-order chi connectivity index (χ1) is 16.1. The summed E-state index contributed by atoms with van der Waals surface area (Å²) in [6, 6.07) is 22.1. The van der Waals surface area contributed by atoms with Crippen LogP contribution < -0.4 is 10.2 Å². The number of carbonyl (C=O) groups excluding carboxylic acids is 1. The highest BCUT2D eigenvalue weighted by molar-refractivity contribution is 9.10. The number of benzene rings is 3. The van der Waals surface area contributed by atoms with Crippen molar-refractivity contribution in [3.05, 3.63) is 110 Å². The second-order valence-electron chi connectivity index (χ2n) is 8.05. The number of ether oxygens (including phenoxy) is 1. The van der Waals surface area contributed by atoms with Gasteiger partial charge in [0.25, 0.3) is 5.91 Å². The third-order valence-corrected chi connectivity index (χ3v) is 6.29. The molecule has 0 saturated heterocycles. The summed E-state index contributed by atoms with van der Waals surface area (Å²) in [4.78, 5) is 28.8. The molecule has 1 aliphatic rings. The van der Waals surface area contributed by atoms with Gasteiger partial charge in [-0.3, -0.25) is 9.59 Å². The van der Waals surface area contributed by atoms with Gasteiger partial charge in [0.2, 0.25) is 5.76 Å². The molecule has 1 amide bonds. The Morgan fingerprint density at radius 1 is 1.00 bits per heavy atom. The summed E-state index contributed by atoms with van der Waals surface area (Å²) in [5, 5.41) is 0.449. The lowest BCUT2D eigenvalue weighted by molar-refractivity contribution is 0.0714. The quantitative estimate of drug-likeness (QED) is 0.319. The van der Waals surface area contributed by atoms with E-state index in [1.54, 1.807) is 23.1 Å². The Balaban J connectivity index is 1.66. The van der Waals surface area contributed by atoms with E-state index in [1.165, 1.54) is 0 Å². The van der Waals surface area contributed by atoms with Gasteiger partial charge in [-0.25, -0.2) is 0 Å². The van der Waals surface area contributed by atoms with Crippen LogP contribution in [-0.4, -0.2) is 17.4 Å². The normalized spacial score (nSPS) is 15.2. The molecule has 0 N–H and O–H groups in total. The average molecular weight is 504 g/mol. The van der Waals surface area contributed by atoms with E-state index in [9.17, 15) is 9.59 Å². The fraction of sp³-hybridized carbons (Fsp3) is 0.185. The summed E-state index contributed by atoms with van der Waals surface area (Å²) < 4.78 is 12.5. The molecule has 1 unspecified atom stereocenters. The maximum atomic E-state index is 13.6. The highest BCUT2D eigenvalue weighted by Crippen LogP contribution is 2.39. The smallest absolute Gasteiger partial charge is 0.291 e. The van der Waals surface area contributed by atoms with Crippen molar-refractivity contribution in [3.8, 4) is 5.75 Å². The maximum Gasteiger partial charge on any atom is 0.291 e. The van der Waals surface area contributed by atoms with Crippen molar-refractivity contribution in [1.29, 1.82) is 0 Å². The molecule has 1 atom stereocenters. The van der Waals surface area contributed by atoms with Crippen LogP contribution in [0.15, 0.2) is 86.5 Å². The van der Waals surface area contributed by atoms with Crippen molar-refractivity contribution in [2.24, 2.45) is 0 Å². The first kappa shape index (κ1) is 21.5. The van der Waals surface area contributed by atoms with Crippen LogP contribution in [0.1, 0.15) is 46.6 Å². The molecule has 3 aromatic carbocycles. The molecular formula is C27H22BrNO4. The van der Waals surface area contributed by atoms with Crippen LogP contribution in [0.3, 0.4) is 0 Å². The van der Waals surface area contributed by atoms with Gasteiger partial charge in [-0.1, -0.05) is 65.3 Å². The second kappa shape index (κ2) is 8.87. The number of amides is 1. The van der Waals surface area contributed by atoms with Crippen molar-refractivity contribution >= 4 is 32.8 Å². The van der Waals surface area contributed by atoms with Crippen LogP contribution in [0.2, 0.25) is 0 Å². The molecular weight excluding hydrogens is 482 g/mol. The monoisotopic (exact) mass is 503 g/mol. The molecule has 0 spiro atoms. The maximum absolute atomic E-state index is 13.6. The highest BCUT2D eigenvalue weighted by atomic mass is 79.9. The third-order valence-electron chi connectivity index (χ3n) is 5.79. The van der Waals surface area contributed by atoms with Crippen LogP contribution in [0.25, 0.3) is 11.0 Å². The molecule has 1 aliphatic heterocycles. The second-order valence-corrected chi connectivity index (χ2v) is 8.97. The molecule has 0 fully saturated rings. The van der Waals surface area contributed by atoms with Gasteiger partial charge in [-0.2, -0.15) is 0 Å². The minimum Gasteiger partial charge on any atom is -0.494 e. The fourth-order valence-electron chi connectivity index (χ4n) is 4.25. The van der Waals surface area contributed by atoms with Crippen LogP contribution >= 0.6 is 15.9 Å². The molecule has 0 radical (unpaired) electrons. The number of hydrogen-bond donors (Lipinski definition) is 0. The van der Waals surface area contributed by atoms with Crippen molar-refractivity contribution in [2.45, 2.75) is 25.9 Å². The topological polar surface area (TPSA) is 59.8 Å². The minimum atomic E-state index is -0.549. The number of halogens is 1. The van der Waals surface area contributed by atoms with Crippen molar-refractivity contribution < 1.29 is 13.9 Å². The molecule has 0 aliphatic carbocycles. The van der Waals surface area contributed by atoms with E-state index in [-0.39, 0.29) is 17.1 Å². The number of carbonyl (C=O) groups is 1. The molecule has 1 aromatic heterocycles. The summed E-state index contributed by atoms with van der Waals surface area (Å²) in [5.41, 5.74) is 2.41. The zero-order valence-corrected chi connectivity index (χ0v) is 19.7. The molecule has 5 nitrogen and oxygen atoms in total. The van der Waals surface area contributed by atoms with Gasteiger partial charge in [-0.15, -0.1) is 0 Å². The Labute approximate surface area is 199 Å². The van der Waals surface area contributed by atoms with Gasteiger partial charge in [0.15, 0.2) is 5.43 Å². The predicted octanol–water partition coefficient (Wildman–Crippen LogP) is 6.09. The molecule has 0 saturated carbocycles. The van der Waals surface area contributed by atoms with E-state index in [0.29, 0.717) is 29.7 Å². The van der Waals surface area contributed by atoms with Crippen molar-refractivity contribution in [2.75, 3.05) is 6.61 Å². The molecule has 0 bridgehead atoms. The standard InChI is InChI=1S/C27H22BrNO4/c1-2-14-32-20-11-8-18(9-12-20)24-23-25(30)21-15-19(28)10-13-22(21)33-26(23)27(31)29(24)16-17-6-4-3-5-7-17/h3-13,15,24H,2,14,16H2,1H3. The summed E-state index contributed by atoms with van der Waals surface area (Å²) in [7, 11) is 0. The lowest BCUT2D eigenvalue weighted by Gasteiger charge is -2.25. The Morgan fingerprint density at radius 3 is 2.48 bits per heavy atom. The van der Waals surface area contributed by atoms with Gasteiger partial charge in [-0.05, 0) is 47.9 Å². The number of rotatable bonds is 6. The summed E-state index contributed by atoms with van der Waals surface area (Å²) in [6.07, 6.45) is 0.917. The van der Waals surface area contributed by atoms with Crippen LogP contribution in [-0.2, 0) is 6.54 Å². The van der Waals surface area contributed by atoms with E-state index >= 15 is 0 Å². The van der Waals surface area contributed by atoms with Gasteiger partial charge < -0.3 is 14.1 Å². The van der Waals surface area contributed by atoms with E-state index in [4.69, 9.17) is 9.15 Å². The molecule has 6 heteroatoms. The Bertz CT molecular complexity index is 1380. The fourth-order valence-corrected chi connectivity index (χ4v) is 4.61. The molecule has 2 heterocycles. The van der Waals surface area contributed by atoms with Gasteiger partial charge in [0.05, 0.1) is 23.6 Å². The first-order valence-electron chi connectivity index (χ1n) is 10.9. The van der Waals surface area contributed by atoms with Crippen LogP contribution in [0, 0.1) is 0 Å². The van der Waals surface area contributed by atoms with E-state index < -0.39 is 6.04 Å². The molecule has 4 aromatic rings. The summed E-state index contributed by atoms with van der Waals surface area (Å²) >= 11 is 3.43. The summed E-state index contributed by atoms with van der Waals surface area (Å²) in [5.74, 6) is 0.586. The molecule has 33 heavy (non-hydrogen) atoms. The molecule has 166 valence electrons. The number of nitrogens with zero attached hydrogens (tertiary/aromatic N) is 1. The first-order valence-corrected chi connectivity index (χ1v) is 11.7. The predicted molar refractivity (Wildman–Crippen MR) is 131 cm³/mol. The van der Waals surface area contributed by atoms with Gasteiger partial charge in [0, 0.05) is 11.0 Å². The Kier molecular flexibility index (Phi) is 5.77. The lowest BCUT2D eigenvalue weighted by atomic mass is 9.98. The third kappa shape index (κ3) is 3.95. The van der Waals surface area contributed by atoms with Crippen LogP contribution in [0.5, 0.6) is 5.75 Å².